The Hall–Kier alpha value is -2.45. The van der Waals surface area contributed by atoms with Gasteiger partial charge in [0, 0.05) is 43.1 Å². The number of nitrogens with one attached hydrogen (secondary N) is 3. The van der Waals surface area contributed by atoms with Crippen LogP contribution in [0.4, 0.5) is 11.4 Å². The molecular formula is C26H32Cl2N4O3. The van der Waals surface area contributed by atoms with Crippen LogP contribution in [0.3, 0.4) is 0 Å². The van der Waals surface area contributed by atoms with Gasteiger partial charge in [-0.2, -0.15) is 0 Å². The van der Waals surface area contributed by atoms with Crippen molar-refractivity contribution in [1.29, 1.82) is 0 Å². The Balaban J connectivity index is 1.61. The van der Waals surface area contributed by atoms with Crippen LogP contribution in [-0.4, -0.2) is 40.3 Å². The Bertz CT molecular complexity index is 1100. The summed E-state index contributed by atoms with van der Waals surface area (Å²) in [7, 11) is 7.13. The largest absolute Gasteiger partial charge is 0.495 e. The van der Waals surface area contributed by atoms with Gasteiger partial charge in [0.1, 0.15) is 11.5 Å². The van der Waals surface area contributed by atoms with Crippen LogP contribution in [0.15, 0.2) is 36.9 Å². The summed E-state index contributed by atoms with van der Waals surface area (Å²) in [4.78, 5) is 14.2. The van der Waals surface area contributed by atoms with Gasteiger partial charge in [0.05, 0.1) is 30.3 Å². The summed E-state index contributed by atoms with van der Waals surface area (Å²) in [5.74, 6) is 1.38. The summed E-state index contributed by atoms with van der Waals surface area (Å²) in [5, 5.41) is 4.07. The Labute approximate surface area is 216 Å². The van der Waals surface area contributed by atoms with Crippen molar-refractivity contribution in [3.05, 3.63) is 58.1 Å². The van der Waals surface area contributed by atoms with Crippen LogP contribution in [0.1, 0.15) is 42.3 Å². The Kier molecular flexibility index (Phi) is 7.81. The third kappa shape index (κ3) is 4.96. The highest BCUT2D eigenvalue weighted by molar-refractivity contribution is 6.38. The second-order valence-electron chi connectivity index (χ2n) is 9.23. The number of methoxy groups -OCH3 is 2. The lowest BCUT2D eigenvalue weighted by Gasteiger charge is -2.34. The fourth-order valence-electron chi connectivity index (χ4n) is 5.28. The lowest BCUT2D eigenvalue weighted by molar-refractivity contribution is -0.111. The summed E-state index contributed by atoms with van der Waals surface area (Å²) < 4.78 is 10.9. The third-order valence-corrected chi connectivity index (χ3v) is 7.88. The van der Waals surface area contributed by atoms with Crippen LogP contribution in [0.25, 0.3) is 0 Å². The molecule has 1 saturated carbocycles. The van der Waals surface area contributed by atoms with Gasteiger partial charge in [0.25, 0.3) is 0 Å². The topological polar surface area (TPSA) is 74.9 Å². The van der Waals surface area contributed by atoms with Gasteiger partial charge in [-0.25, -0.2) is 5.43 Å². The second kappa shape index (κ2) is 10.7. The van der Waals surface area contributed by atoms with E-state index in [1.54, 1.807) is 20.3 Å². The molecular weight excluding hydrogens is 487 g/mol. The smallest absolute Gasteiger partial charge is 0.247 e. The number of hydrogen-bond donors (Lipinski definition) is 3. The number of hydrazine groups is 1. The van der Waals surface area contributed by atoms with Gasteiger partial charge >= 0.3 is 0 Å². The van der Waals surface area contributed by atoms with E-state index in [1.807, 2.05) is 25.1 Å². The molecule has 1 heterocycles. The number of carbonyl (C=O) groups excluding carboxylic acids is 1. The molecule has 9 heteroatoms. The number of anilines is 2. The van der Waals surface area contributed by atoms with E-state index in [0.717, 1.165) is 41.8 Å². The number of hydrogen-bond acceptors (Lipinski definition) is 6. The zero-order chi connectivity index (χ0) is 25.3. The molecule has 1 aliphatic heterocycles. The number of benzene rings is 2. The molecule has 3 unspecified atom stereocenters. The highest BCUT2D eigenvalue weighted by atomic mass is 35.5. The lowest BCUT2D eigenvalue weighted by atomic mass is 9.72. The molecule has 2 aromatic rings. The molecule has 188 valence electrons. The Morgan fingerprint density at radius 3 is 2.40 bits per heavy atom. The van der Waals surface area contributed by atoms with Crippen molar-refractivity contribution in [3.63, 3.8) is 0 Å². The first kappa shape index (κ1) is 25.6. The number of fused-ring (bicyclic) bond motifs is 1. The molecule has 0 spiro atoms. The molecule has 4 rings (SSSR count). The number of amides is 1. The molecule has 0 bridgehead atoms. The second-order valence-corrected chi connectivity index (χ2v) is 9.98. The van der Waals surface area contributed by atoms with Gasteiger partial charge in [-0.05, 0) is 54.9 Å². The predicted molar refractivity (Wildman–Crippen MR) is 142 cm³/mol. The molecule has 1 aliphatic carbocycles. The minimum absolute atomic E-state index is 0.0445. The van der Waals surface area contributed by atoms with E-state index in [-0.39, 0.29) is 23.9 Å². The van der Waals surface area contributed by atoms with Gasteiger partial charge in [0.2, 0.25) is 5.91 Å². The minimum atomic E-state index is -0.232. The van der Waals surface area contributed by atoms with Crippen molar-refractivity contribution in [3.8, 4) is 11.5 Å². The molecule has 2 aliphatic rings. The fraction of sp³-hybridized carbons (Fsp3) is 0.423. The predicted octanol–water partition coefficient (Wildman–Crippen LogP) is 5.30. The third-order valence-electron chi connectivity index (χ3n) is 7.10. The molecule has 4 atom stereocenters. The van der Waals surface area contributed by atoms with Crippen molar-refractivity contribution < 1.29 is 14.3 Å². The van der Waals surface area contributed by atoms with E-state index < -0.39 is 0 Å². The molecule has 1 saturated heterocycles. The fourth-order valence-corrected chi connectivity index (χ4v) is 6.09. The average molecular weight is 519 g/mol. The number of halogens is 2. The zero-order valence-electron chi connectivity index (χ0n) is 20.5. The normalized spacial score (nSPS) is 23.4. The molecule has 2 fully saturated rings. The summed E-state index contributed by atoms with van der Waals surface area (Å²) in [6.07, 6.45) is 4.02. The maximum absolute atomic E-state index is 12.2. The lowest BCUT2D eigenvalue weighted by Crippen LogP contribution is -2.35. The number of ether oxygens (including phenoxy) is 2. The highest BCUT2D eigenvalue weighted by Crippen LogP contribution is 2.51. The number of nitrogens with zero attached hydrogens (tertiary/aromatic N) is 1. The molecule has 35 heavy (non-hydrogen) atoms. The van der Waals surface area contributed by atoms with E-state index in [2.05, 4.69) is 34.9 Å². The summed E-state index contributed by atoms with van der Waals surface area (Å²) >= 11 is 13.4. The minimum Gasteiger partial charge on any atom is -0.495 e. The molecule has 0 radical (unpaired) electrons. The van der Waals surface area contributed by atoms with E-state index in [9.17, 15) is 4.79 Å². The molecule has 0 aromatic heterocycles. The van der Waals surface area contributed by atoms with Crippen LogP contribution in [-0.2, 0) is 4.79 Å². The van der Waals surface area contributed by atoms with Gasteiger partial charge in [-0.1, -0.05) is 35.8 Å². The van der Waals surface area contributed by atoms with Crippen molar-refractivity contribution in [2.24, 2.45) is 5.92 Å². The van der Waals surface area contributed by atoms with Crippen LogP contribution >= 0.6 is 23.2 Å². The van der Waals surface area contributed by atoms with Crippen LogP contribution in [0, 0.1) is 5.92 Å². The Morgan fingerprint density at radius 1 is 1.11 bits per heavy atom. The maximum Gasteiger partial charge on any atom is 0.247 e. The van der Waals surface area contributed by atoms with E-state index in [1.165, 1.54) is 6.08 Å². The van der Waals surface area contributed by atoms with Crippen LogP contribution in [0.2, 0.25) is 10.0 Å². The van der Waals surface area contributed by atoms with Crippen molar-refractivity contribution in [2.75, 3.05) is 38.5 Å². The van der Waals surface area contributed by atoms with Crippen molar-refractivity contribution in [2.45, 2.75) is 37.3 Å². The monoisotopic (exact) mass is 518 g/mol. The molecule has 3 N–H and O–H groups in total. The quantitative estimate of drug-likeness (QED) is 0.431. The first-order valence-electron chi connectivity index (χ1n) is 11.6. The van der Waals surface area contributed by atoms with Crippen LogP contribution < -0.4 is 30.5 Å². The van der Waals surface area contributed by atoms with Gasteiger partial charge in [-0.3, -0.25) is 10.2 Å². The SMILES string of the molecule is C=CC(=O)Nc1cc(N(C)C)ccc1C1NNC2C[C@H](c3c(Cl)c(OC)cc(OC)c3Cl)CCC21. The summed E-state index contributed by atoms with van der Waals surface area (Å²) in [6.45, 7) is 3.59. The van der Waals surface area contributed by atoms with E-state index in [4.69, 9.17) is 32.7 Å². The zero-order valence-corrected chi connectivity index (χ0v) is 22.0. The molecule has 1 amide bonds. The first-order chi connectivity index (χ1) is 16.8. The highest BCUT2D eigenvalue weighted by Gasteiger charge is 2.43. The van der Waals surface area contributed by atoms with Crippen molar-refractivity contribution >= 4 is 40.5 Å². The van der Waals surface area contributed by atoms with E-state index in [0.29, 0.717) is 27.5 Å². The standard InChI is InChI=1S/C26H32Cl2N4O3/c1-6-22(33)29-18-12-15(32(2)3)8-10-16(18)26-17-9-7-14(11-19(17)30-31-26)23-24(27)20(34-4)13-21(35-5)25(23)28/h6,8,10,12-14,17,19,26,30-31H,1,7,9,11H2,2-5H3,(H,29,33)/t14-,17?,19?,26?/m1/s1. The van der Waals surface area contributed by atoms with Gasteiger partial charge in [-0.15, -0.1) is 0 Å². The average Bonchev–Trinajstić information content (AvgIpc) is 3.27. The first-order valence-corrected chi connectivity index (χ1v) is 12.4. The van der Waals surface area contributed by atoms with E-state index >= 15 is 0 Å². The number of rotatable bonds is 7. The van der Waals surface area contributed by atoms with Gasteiger partial charge in [0.15, 0.2) is 0 Å². The van der Waals surface area contributed by atoms with Gasteiger partial charge < -0.3 is 19.7 Å². The molecule has 7 nitrogen and oxygen atoms in total. The van der Waals surface area contributed by atoms with Crippen LogP contribution in [0.5, 0.6) is 11.5 Å². The summed E-state index contributed by atoms with van der Waals surface area (Å²) in [6, 6.07) is 8.13. The Morgan fingerprint density at radius 2 is 1.80 bits per heavy atom. The number of carbonyl (C=O) groups is 1. The van der Waals surface area contributed by atoms with Crippen molar-refractivity contribution in [1.82, 2.24) is 10.9 Å². The summed E-state index contributed by atoms with van der Waals surface area (Å²) in [5.41, 5.74) is 10.7. The maximum atomic E-state index is 12.2. The molecule has 2 aromatic carbocycles.